The van der Waals surface area contributed by atoms with E-state index in [1.165, 1.54) is 6.33 Å². The SMILES string of the molecule is COc1cc(-c2ccc(OCC(C)(N)CC(C)C)c(C#N)c2)ncn1. The maximum absolute atomic E-state index is 9.45. The highest BCUT2D eigenvalue weighted by Gasteiger charge is 2.21. The van der Waals surface area contributed by atoms with Gasteiger partial charge in [0.25, 0.3) is 0 Å². The van der Waals surface area contributed by atoms with Gasteiger partial charge in [-0.05, 0) is 37.5 Å². The maximum Gasteiger partial charge on any atom is 0.216 e. The molecule has 0 amide bonds. The van der Waals surface area contributed by atoms with Gasteiger partial charge in [-0.25, -0.2) is 9.97 Å². The van der Waals surface area contributed by atoms with E-state index in [4.69, 9.17) is 15.2 Å². The van der Waals surface area contributed by atoms with Crippen LogP contribution >= 0.6 is 0 Å². The maximum atomic E-state index is 9.45. The predicted molar refractivity (Wildman–Crippen MR) is 96.3 cm³/mol. The third-order valence-electron chi connectivity index (χ3n) is 3.68. The van der Waals surface area contributed by atoms with Gasteiger partial charge in [-0.2, -0.15) is 5.26 Å². The van der Waals surface area contributed by atoms with Crippen molar-refractivity contribution in [1.82, 2.24) is 9.97 Å². The zero-order valence-electron chi connectivity index (χ0n) is 15.1. The molecule has 2 N–H and O–H groups in total. The molecular weight excluding hydrogens is 316 g/mol. The third-order valence-corrected chi connectivity index (χ3v) is 3.68. The highest BCUT2D eigenvalue weighted by molar-refractivity contribution is 5.64. The van der Waals surface area contributed by atoms with Crippen LogP contribution in [0.3, 0.4) is 0 Å². The van der Waals surface area contributed by atoms with Crippen molar-refractivity contribution in [1.29, 1.82) is 5.26 Å². The lowest BCUT2D eigenvalue weighted by atomic mass is 9.93. The molecule has 2 rings (SSSR count). The van der Waals surface area contributed by atoms with E-state index in [-0.39, 0.29) is 0 Å². The quantitative estimate of drug-likeness (QED) is 0.832. The van der Waals surface area contributed by atoms with E-state index in [2.05, 4.69) is 29.9 Å². The van der Waals surface area contributed by atoms with Crippen molar-refractivity contribution in [2.24, 2.45) is 11.7 Å². The van der Waals surface area contributed by atoms with Gasteiger partial charge >= 0.3 is 0 Å². The predicted octanol–water partition coefficient (Wildman–Crippen LogP) is 3.17. The average Bonchev–Trinajstić information content (AvgIpc) is 2.58. The molecular formula is C19H24N4O2. The number of hydrogen-bond acceptors (Lipinski definition) is 6. The zero-order valence-corrected chi connectivity index (χ0v) is 15.1. The fraction of sp³-hybridized carbons (Fsp3) is 0.421. The first-order valence-corrected chi connectivity index (χ1v) is 8.17. The number of hydrogen-bond donors (Lipinski definition) is 1. The Morgan fingerprint density at radius 1 is 1.28 bits per heavy atom. The van der Waals surface area contributed by atoms with Crippen LogP contribution in [0.4, 0.5) is 0 Å². The first-order chi connectivity index (χ1) is 11.8. The van der Waals surface area contributed by atoms with E-state index in [1.807, 2.05) is 13.0 Å². The van der Waals surface area contributed by atoms with E-state index in [1.54, 1.807) is 25.3 Å². The van der Waals surface area contributed by atoms with Gasteiger partial charge in [-0.3, -0.25) is 0 Å². The van der Waals surface area contributed by atoms with Crippen LogP contribution in [-0.2, 0) is 0 Å². The summed E-state index contributed by atoms with van der Waals surface area (Å²) >= 11 is 0. The van der Waals surface area contributed by atoms with Gasteiger partial charge in [-0.15, -0.1) is 0 Å². The standard InChI is InChI=1S/C19H24N4O2/c1-13(2)9-19(3,21)11-25-17-6-5-14(7-15(17)10-20)16-8-18(24-4)23-12-22-16/h5-8,12-13H,9,11,21H2,1-4H3. The van der Waals surface area contributed by atoms with Crippen molar-refractivity contribution < 1.29 is 9.47 Å². The molecule has 25 heavy (non-hydrogen) atoms. The Morgan fingerprint density at radius 2 is 2.04 bits per heavy atom. The van der Waals surface area contributed by atoms with E-state index in [0.717, 1.165) is 12.0 Å². The minimum atomic E-state index is -0.445. The first kappa shape index (κ1) is 18.7. The number of nitrogens with zero attached hydrogens (tertiary/aromatic N) is 3. The highest BCUT2D eigenvalue weighted by Crippen LogP contribution is 2.27. The number of nitrogens with two attached hydrogens (primary N) is 1. The summed E-state index contributed by atoms with van der Waals surface area (Å²) in [6.07, 6.45) is 2.27. The Kier molecular flexibility index (Phi) is 5.94. The van der Waals surface area contributed by atoms with E-state index in [0.29, 0.717) is 35.4 Å². The second kappa shape index (κ2) is 7.95. The van der Waals surface area contributed by atoms with E-state index >= 15 is 0 Å². The molecule has 6 nitrogen and oxygen atoms in total. The zero-order chi connectivity index (χ0) is 18.4. The minimum absolute atomic E-state index is 0.348. The smallest absolute Gasteiger partial charge is 0.216 e. The lowest BCUT2D eigenvalue weighted by molar-refractivity contribution is 0.206. The van der Waals surface area contributed by atoms with Gasteiger partial charge in [-0.1, -0.05) is 13.8 Å². The molecule has 1 unspecified atom stereocenters. The number of benzene rings is 1. The largest absolute Gasteiger partial charge is 0.490 e. The summed E-state index contributed by atoms with van der Waals surface area (Å²) in [4.78, 5) is 8.21. The van der Waals surface area contributed by atoms with Crippen LogP contribution in [-0.4, -0.2) is 29.2 Å². The van der Waals surface area contributed by atoms with Crippen molar-refractivity contribution in [3.05, 3.63) is 36.2 Å². The molecule has 0 aliphatic rings. The van der Waals surface area contributed by atoms with Crippen molar-refractivity contribution in [3.63, 3.8) is 0 Å². The van der Waals surface area contributed by atoms with E-state index < -0.39 is 5.54 Å². The Morgan fingerprint density at radius 3 is 2.68 bits per heavy atom. The highest BCUT2D eigenvalue weighted by atomic mass is 16.5. The van der Waals surface area contributed by atoms with Crippen LogP contribution < -0.4 is 15.2 Å². The molecule has 2 aromatic rings. The molecule has 1 atom stereocenters. The number of nitriles is 1. The van der Waals surface area contributed by atoms with Crippen LogP contribution in [0.25, 0.3) is 11.3 Å². The molecule has 1 heterocycles. The number of methoxy groups -OCH3 is 1. The minimum Gasteiger partial charge on any atom is -0.490 e. The fourth-order valence-electron chi connectivity index (χ4n) is 2.75. The van der Waals surface area contributed by atoms with Crippen LogP contribution in [0.5, 0.6) is 11.6 Å². The molecule has 0 fully saturated rings. The summed E-state index contributed by atoms with van der Waals surface area (Å²) in [6.45, 7) is 6.55. The summed E-state index contributed by atoms with van der Waals surface area (Å²) in [5, 5.41) is 9.45. The summed E-state index contributed by atoms with van der Waals surface area (Å²) in [6, 6.07) is 9.26. The molecule has 0 saturated heterocycles. The van der Waals surface area contributed by atoms with Crippen molar-refractivity contribution >= 4 is 0 Å². The second-order valence-electron chi connectivity index (χ2n) is 6.81. The second-order valence-corrected chi connectivity index (χ2v) is 6.81. The van der Waals surface area contributed by atoms with Crippen LogP contribution in [0.2, 0.25) is 0 Å². The number of aromatic nitrogens is 2. The molecule has 0 aliphatic heterocycles. The van der Waals surface area contributed by atoms with Gasteiger partial charge in [0.05, 0.1) is 18.4 Å². The molecule has 0 bridgehead atoms. The molecule has 0 saturated carbocycles. The summed E-state index contributed by atoms with van der Waals surface area (Å²) in [5.74, 6) is 1.47. The number of rotatable bonds is 7. The Bertz CT molecular complexity index is 766. The molecule has 0 aliphatic carbocycles. The molecule has 6 heteroatoms. The van der Waals surface area contributed by atoms with Crippen molar-refractivity contribution in [2.45, 2.75) is 32.7 Å². The van der Waals surface area contributed by atoms with Gasteiger partial charge < -0.3 is 15.2 Å². The summed E-state index contributed by atoms with van der Waals surface area (Å²) in [5.41, 5.74) is 7.74. The molecule has 132 valence electrons. The molecule has 0 spiro atoms. The summed E-state index contributed by atoms with van der Waals surface area (Å²) in [7, 11) is 1.55. The Balaban J connectivity index is 2.21. The number of ether oxygens (including phenoxy) is 2. The monoisotopic (exact) mass is 340 g/mol. The molecule has 1 aromatic heterocycles. The van der Waals surface area contributed by atoms with Gasteiger partial charge in [0.2, 0.25) is 5.88 Å². The molecule has 0 radical (unpaired) electrons. The first-order valence-electron chi connectivity index (χ1n) is 8.17. The lowest BCUT2D eigenvalue weighted by Crippen LogP contribution is -2.43. The van der Waals surface area contributed by atoms with Crippen LogP contribution in [0, 0.1) is 17.2 Å². The fourth-order valence-corrected chi connectivity index (χ4v) is 2.75. The third kappa shape index (κ3) is 5.16. The topological polar surface area (TPSA) is 94.1 Å². The Hall–Kier alpha value is -2.65. The van der Waals surface area contributed by atoms with Gasteiger partial charge in [0.15, 0.2) is 0 Å². The van der Waals surface area contributed by atoms with Crippen LogP contribution in [0.15, 0.2) is 30.6 Å². The van der Waals surface area contributed by atoms with Crippen molar-refractivity contribution in [3.8, 4) is 29.0 Å². The van der Waals surface area contributed by atoms with Crippen LogP contribution in [0.1, 0.15) is 32.8 Å². The molecule has 1 aromatic carbocycles. The van der Waals surface area contributed by atoms with Crippen molar-refractivity contribution in [2.75, 3.05) is 13.7 Å². The van der Waals surface area contributed by atoms with Gasteiger partial charge in [0, 0.05) is 17.2 Å². The average molecular weight is 340 g/mol. The lowest BCUT2D eigenvalue weighted by Gasteiger charge is -2.26. The summed E-state index contributed by atoms with van der Waals surface area (Å²) < 4.78 is 10.9. The Labute approximate surface area is 148 Å². The van der Waals surface area contributed by atoms with Gasteiger partial charge in [0.1, 0.15) is 24.8 Å². The van der Waals surface area contributed by atoms with E-state index in [9.17, 15) is 5.26 Å². The normalized spacial score (nSPS) is 13.2.